The minimum Gasteiger partial charge on any atom is -0.426 e. The Morgan fingerprint density at radius 2 is 1.81 bits per heavy atom. The van der Waals surface area contributed by atoms with Gasteiger partial charge in [0.05, 0.1) is 17.4 Å². The van der Waals surface area contributed by atoms with Gasteiger partial charge in [0.25, 0.3) is 0 Å². The standard InChI is InChI=1S/C23H33NO2/c1-3-5-6-7-15-23(18-24)16-13-20(14-17-23)22(25)26-21-11-9-19(8-4-2)10-12-21/h9-12,20H,3-8,13-17H2,1-2H3. The Morgan fingerprint density at radius 1 is 1.12 bits per heavy atom. The average molecular weight is 356 g/mol. The number of esters is 1. The molecule has 1 aliphatic carbocycles. The molecule has 0 heterocycles. The predicted molar refractivity (Wildman–Crippen MR) is 105 cm³/mol. The Morgan fingerprint density at radius 3 is 2.38 bits per heavy atom. The van der Waals surface area contributed by atoms with E-state index in [-0.39, 0.29) is 17.3 Å². The number of aryl methyl sites for hydroxylation is 1. The molecule has 142 valence electrons. The quantitative estimate of drug-likeness (QED) is 0.300. The first-order valence-corrected chi connectivity index (χ1v) is 10.3. The fraction of sp³-hybridized carbons (Fsp3) is 0.652. The molecule has 0 aliphatic heterocycles. The molecule has 0 unspecified atom stereocenters. The van der Waals surface area contributed by atoms with Crippen molar-refractivity contribution >= 4 is 5.97 Å². The summed E-state index contributed by atoms with van der Waals surface area (Å²) in [5.74, 6) is 0.430. The number of carbonyl (C=O) groups excluding carboxylic acids is 1. The summed E-state index contributed by atoms with van der Waals surface area (Å²) in [5.41, 5.74) is 1.05. The highest BCUT2D eigenvalue weighted by Gasteiger charge is 2.37. The number of benzene rings is 1. The molecule has 1 aromatic carbocycles. The largest absolute Gasteiger partial charge is 0.426 e. The molecule has 1 fully saturated rings. The van der Waals surface area contributed by atoms with Crippen LogP contribution in [0.3, 0.4) is 0 Å². The Hall–Kier alpha value is -1.82. The van der Waals surface area contributed by atoms with Crippen LogP contribution in [-0.2, 0) is 11.2 Å². The van der Waals surface area contributed by atoms with Gasteiger partial charge in [0.1, 0.15) is 5.75 Å². The molecule has 0 aromatic heterocycles. The number of nitriles is 1. The van der Waals surface area contributed by atoms with Crippen LogP contribution >= 0.6 is 0 Å². The lowest BCUT2D eigenvalue weighted by atomic mass is 9.69. The van der Waals surface area contributed by atoms with Gasteiger partial charge in [-0.2, -0.15) is 5.26 Å². The van der Waals surface area contributed by atoms with Gasteiger partial charge in [0.15, 0.2) is 0 Å². The summed E-state index contributed by atoms with van der Waals surface area (Å²) in [7, 11) is 0. The van der Waals surface area contributed by atoms with Crippen molar-refractivity contribution in [1.82, 2.24) is 0 Å². The summed E-state index contributed by atoms with van der Waals surface area (Å²) in [6.07, 6.45) is 11.1. The van der Waals surface area contributed by atoms with Crippen molar-refractivity contribution in [3.63, 3.8) is 0 Å². The van der Waals surface area contributed by atoms with Crippen molar-refractivity contribution in [1.29, 1.82) is 5.26 Å². The highest BCUT2D eigenvalue weighted by atomic mass is 16.5. The van der Waals surface area contributed by atoms with Crippen LogP contribution in [0.5, 0.6) is 5.75 Å². The fourth-order valence-corrected chi connectivity index (χ4v) is 3.93. The van der Waals surface area contributed by atoms with Crippen molar-refractivity contribution in [2.45, 2.75) is 84.5 Å². The monoisotopic (exact) mass is 355 g/mol. The molecule has 3 heteroatoms. The van der Waals surface area contributed by atoms with Gasteiger partial charge < -0.3 is 4.74 Å². The van der Waals surface area contributed by atoms with Crippen LogP contribution in [0.2, 0.25) is 0 Å². The van der Waals surface area contributed by atoms with Crippen molar-refractivity contribution in [2.24, 2.45) is 11.3 Å². The number of unbranched alkanes of at least 4 members (excludes halogenated alkanes) is 3. The summed E-state index contributed by atoms with van der Waals surface area (Å²) in [6, 6.07) is 10.4. The SMILES string of the molecule is CCCCCCC1(C#N)CCC(C(=O)Oc2ccc(CCC)cc2)CC1. The zero-order valence-electron chi connectivity index (χ0n) is 16.4. The van der Waals surface area contributed by atoms with Crippen LogP contribution in [0, 0.1) is 22.7 Å². The van der Waals surface area contributed by atoms with Gasteiger partial charge in [-0.15, -0.1) is 0 Å². The lowest BCUT2D eigenvalue weighted by molar-refractivity contribution is -0.140. The van der Waals surface area contributed by atoms with Crippen LogP contribution in [0.25, 0.3) is 0 Å². The number of rotatable bonds is 9. The molecule has 2 rings (SSSR count). The predicted octanol–water partition coefficient (Wildman–Crippen LogP) is 6.22. The second-order valence-electron chi connectivity index (χ2n) is 7.79. The van der Waals surface area contributed by atoms with Crippen molar-refractivity contribution in [3.8, 4) is 11.8 Å². The summed E-state index contributed by atoms with van der Waals surface area (Å²) < 4.78 is 5.58. The Bertz CT molecular complexity index is 592. The van der Waals surface area contributed by atoms with Crippen LogP contribution < -0.4 is 4.74 Å². The third-order valence-corrected chi connectivity index (χ3v) is 5.70. The normalized spacial score (nSPS) is 22.6. The van der Waals surface area contributed by atoms with Gasteiger partial charge in [-0.3, -0.25) is 4.79 Å². The first kappa shape index (κ1) is 20.5. The molecule has 0 spiro atoms. The zero-order valence-corrected chi connectivity index (χ0v) is 16.4. The van der Waals surface area contributed by atoms with Gasteiger partial charge in [-0.25, -0.2) is 0 Å². The van der Waals surface area contributed by atoms with E-state index >= 15 is 0 Å². The lowest BCUT2D eigenvalue weighted by Crippen LogP contribution is -2.31. The highest BCUT2D eigenvalue weighted by Crippen LogP contribution is 2.42. The second-order valence-corrected chi connectivity index (χ2v) is 7.79. The molecule has 0 N–H and O–H groups in total. The maximum Gasteiger partial charge on any atom is 0.314 e. The van der Waals surface area contributed by atoms with E-state index < -0.39 is 0 Å². The molecule has 1 aliphatic rings. The number of ether oxygens (including phenoxy) is 1. The molecule has 26 heavy (non-hydrogen) atoms. The van der Waals surface area contributed by atoms with Gasteiger partial charge in [0, 0.05) is 0 Å². The Labute approximate surface area is 158 Å². The first-order valence-electron chi connectivity index (χ1n) is 10.3. The summed E-state index contributed by atoms with van der Waals surface area (Å²) in [4.78, 5) is 12.5. The smallest absolute Gasteiger partial charge is 0.314 e. The Balaban J connectivity index is 1.82. The van der Waals surface area contributed by atoms with Crippen molar-refractivity contribution < 1.29 is 9.53 Å². The molecule has 3 nitrogen and oxygen atoms in total. The van der Waals surface area contributed by atoms with Gasteiger partial charge in [-0.1, -0.05) is 58.1 Å². The van der Waals surface area contributed by atoms with E-state index in [4.69, 9.17) is 4.74 Å². The van der Waals surface area contributed by atoms with Crippen LogP contribution in [0.4, 0.5) is 0 Å². The van der Waals surface area contributed by atoms with Gasteiger partial charge in [-0.05, 0) is 56.2 Å². The van der Waals surface area contributed by atoms with E-state index in [2.05, 4.69) is 19.9 Å². The lowest BCUT2D eigenvalue weighted by Gasteiger charge is -2.34. The van der Waals surface area contributed by atoms with E-state index in [0.717, 1.165) is 51.4 Å². The average Bonchev–Trinajstić information content (AvgIpc) is 2.67. The fourth-order valence-electron chi connectivity index (χ4n) is 3.93. The molecule has 0 atom stereocenters. The molecule has 0 saturated heterocycles. The van der Waals surface area contributed by atoms with Gasteiger partial charge in [0.2, 0.25) is 0 Å². The maximum atomic E-state index is 12.5. The maximum absolute atomic E-state index is 12.5. The van der Waals surface area contributed by atoms with E-state index in [1.807, 2.05) is 24.3 Å². The summed E-state index contributed by atoms with van der Waals surface area (Å²) in [5, 5.41) is 9.66. The molecule has 0 amide bonds. The zero-order chi connectivity index (χ0) is 18.8. The minimum atomic E-state index is -0.216. The van der Waals surface area contributed by atoms with Crippen molar-refractivity contribution in [3.05, 3.63) is 29.8 Å². The first-order chi connectivity index (χ1) is 12.6. The molecule has 1 aromatic rings. The van der Waals surface area contributed by atoms with Crippen molar-refractivity contribution in [2.75, 3.05) is 0 Å². The van der Waals surface area contributed by atoms with E-state index in [0.29, 0.717) is 5.75 Å². The van der Waals surface area contributed by atoms with E-state index in [9.17, 15) is 10.1 Å². The molecule has 1 saturated carbocycles. The summed E-state index contributed by atoms with van der Waals surface area (Å²) >= 11 is 0. The number of hydrogen-bond donors (Lipinski definition) is 0. The molecular formula is C23H33NO2. The number of carbonyl (C=O) groups is 1. The summed E-state index contributed by atoms with van der Waals surface area (Å²) in [6.45, 7) is 4.36. The third kappa shape index (κ3) is 5.87. The van der Waals surface area contributed by atoms with Crippen LogP contribution in [0.15, 0.2) is 24.3 Å². The topological polar surface area (TPSA) is 50.1 Å². The number of nitrogens with zero attached hydrogens (tertiary/aromatic N) is 1. The van der Waals surface area contributed by atoms with Crippen LogP contribution in [0.1, 0.15) is 83.6 Å². The van der Waals surface area contributed by atoms with E-state index in [1.54, 1.807) is 0 Å². The van der Waals surface area contributed by atoms with Gasteiger partial charge >= 0.3 is 5.97 Å². The third-order valence-electron chi connectivity index (χ3n) is 5.70. The minimum absolute atomic E-state index is 0.0672. The highest BCUT2D eigenvalue weighted by molar-refractivity contribution is 5.75. The van der Waals surface area contributed by atoms with Crippen LogP contribution in [-0.4, -0.2) is 5.97 Å². The molecular weight excluding hydrogens is 322 g/mol. The Kier molecular flexibility index (Phi) is 8.16. The second kappa shape index (κ2) is 10.4. The van der Waals surface area contributed by atoms with E-state index in [1.165, 1.54) is 24.8 Å². The number of hydrogen-bond acceptors (Lipinski definition) is 3. The molecule has 0 bridgehead atoms. The molecule has 0 radical (unpaired) electrons.